The van der Waals surface area contributed by atoms with Crippen LogP contribution >= 0.6 is 0 Å². The predicted molar refractivity (Wildman–Crippen MR) is 106 cm³/mol. The van der Waals surface area contributed by atoms with Gasteiger partial charge in [-0.25, -0.2) is 0 Å². The van der Waals surface area contributed by atoms with Gasteiger partial charge in [-0.3, -0.25) is 9.59 Å². The molecule has 3 rings (SSSR count). The summed E-state index contributed by atoms with van der Waals surface area (Å²) in [6.07, 6.45) is 3.43. The molecule has 1 aromatic rings. The normalized spacial score (nSPS) is 21.7. The number of amides is 2. The molecule has 2 fully saturated rings. The Labute approximate surface area is 161 Å². The zero-order valence-electron chi connectivity index (χ0n) is 16.9. The van der Waals surface area contributed by atoms with Gasteiger partial charge in [-0.2, -0.15) is 0 Å². The molecule has 27 heavy (non-hydrogen) atoms. The Morgan fingerprint density at radius 1 is 1.30 bits per heavy atom. The number of ether oxygens (including phenoxy) is 1. The SMILES string of the molecule is Cc1ccc(C(=O)N2CCC3(CC2)COC(C)C3)cc1NC(=O)CN(C)C. The average molecular weight is 373 g/mol. The number of aryl methyl sites for hydroxylation is 1. The number of likely N-dealkylation sites (N-methyl/N-ethyl adjacent to an activating group) is 1. The zero-order chi connectivity index (χ0) is 19.6. The van der Waals surface area contributed by atoms with Gasteiger partial charge in [0.05, 0.1) is 19.3 Å². The molecule has 1 atom stereocenters. The Balaban J connectivity index is 1.65. The summed E-state index contributed by atoms with van der Waals surface area (Å²) in [5, 5.41) is 2.92. The first kappa shape index (κ1) is 19.8. The molecular weight excluding hydrogens is 342 g/mol. The zero-order valence-corrected chi connectivity index (χ0v) is 16.9. The van der Waals surface area contributed by atoms with Gasteiger partial charge in [0.2, 0.25) is 5.91 Å². The number of carbonyl (C=O) groups is 2. The minimum absolute atomic E-state index is 0.0416. The lowest BCUT2D eigenvalue weighted by molar-refractivity contribution is -0.116. The second-order valence-electron chi connectivity index (χ2n) is 8.43. The summed E-state index contributed by atoms with van der Waals surface area (Å²) in [6.45, 7) is 6.74. The van der Waals surface area contributed by atoms with Crippen molar-refractivity contribution in [3.63, 3.8) is 0 Å². The van der Waals surface area contributed by atoms with Crippen LogP contribution in [0.25, 0.3) is 0 Å². The van der Waals surface area contributed by atoms with Crippen LogP contribution in [0.15, 0.2) is 18.2 Å². The van der Waals surface area contributed by atoms with Gasteiger partial charge in [0, 0.05) is 24.3 Å². The molecule has 148 valence electrons. The van der Waals surface area contributed by atoms with E-state index in [2.05, 4.69) is 12.2 Å². The third-order valence-electron chi connectivity index (χ3n) is 5.72. The maximum atomic E-state index is 13.0. The maximum Gasteiger partial charge on any atom is 0.253 e. The first-order valence-electron chi connectivity index (χ1n) is 9.74. The number of anilines is 1. The monoisotopic (exact) mass is 373 g/mol. The van der Waals surface area contributed by atoms with Crippen LogP contribution in [-0.4, -0.2) is 68.1 Å². The molecule has 0 saturated carbocycles. The number of benzene rings is 1. The number of rotatable bonds is 4. The van der Waals surface area contributed by atoms with Crippen LogP contribution in [0.4, 0.5) is 5.69 Å². The molecule has 0 bridgehead atoms. The van der Waals surface area contributed by atoms with Crippen molar-refractivity contribution in [1.82, 2.24) is 9.80 Å². The topological polar surface area (TPSA) is 61.9 Å². The molecule has 2 aliphatic rings. The van der Waals surface area contributed by atoms with Crippen molar-refractivity contribution in [2.45, 2.75) is 39.2 Å². The lowest BCUT2D eigenvalue weighted by Gasteiger charge is -2.38. The third kappa shape index (κ3) is 4.68. The fraction of sp³-hybridized carbons (Fsp3) is 0.619. The van der Waals surface area contributed by atoms with Crippen LogP contribution in [-0.2, 0) is 9.53 Å². The molecule has 6 nitrogen and oxygen atoms in total. The quantitative estimate of drug-likeness (QED) is 0.881. The number of likely N-dealkylation sites (tertiary alicyclic amines) is 1. The maximum absolute atomic E-state index is 13.0. The largest absolute Gasteiger partial charge is 0.378 e. The van der Waals surface area contributed by atoms with E-state index in [0.717, 1.165) is 44.5 Å². The van der Waals surface area contributed by atoms with E-state index < -0.39 is 0 Å². The molecule has 0 aliphatic carbocycles. The highest BCUT2D eigenvalue weighted by Crippen LogP contribution is 2.42. The van der Waals surface area contributed by atoms with Crippen molar-refractivity contribution in [3.8, 4) is 0 Å². The Hall–Kier alpha value is -1.92. The fourth-order valence-electron chi connectivity index (χ4n) is 4.13. The highest BCUT2D eigenvalue weighted by Gasteiger charge is 2.41. The smallest absolute Gasteiger partial charge is 0.253 e. The van der Waals surface area contributed by atoms with Gasteiger partial charge in [0.15, 0.2) is 0 Å². The van der Waals surface area contributed by atoms with Gasteiger partial charge in [0.1, 0.15) is 0 Å². The molecule has 2 aliphatic heterocycles. The van der Waals surface area contributed by atoms with E-state index in [4.69, 9.17) is 4.74 Å². The molecule has 1 spiro atoms. The molecule has 2 heterocycles. The minimum Gasteiger partial charge on any atom is -0.378 e. The standard InChI is InChI=1S/C21H31N3O3/c1-15-5-6-17(11-18(15)22-19(25)13-23(3)4)20(26)24-9-7-21(8-10-24)12-16(2)27-14-21/h5-6,11,16H,7-10,12-14H2,1-4H3,(H,22,25). The van der Waals surface area contributed by atoms with Crippen molar-refractivity contribution >= 4 is 17.5 Å². The lowest BCUT2D eigenvalue weighted by Crippen LogP contribution is -2.43. The molecule has 0 radical (unpaired) electrons. The van der Waals surface area contributed by atoms with Gasteiger partial charge in [-0.05, 0) is 70.3 Å². The summed E-state index contributed by atoms with van der Waals surface area (Å²) in [7, 11) is 3.71. The number of carbonyl (C=O) groups excluding carboxylic acids is 2. The van der Waals surface area contributed by atoms with Crippen LogP contribution in [0.1, 0.15) is 42.1 Å². The van der Waals surface area contributed by atoms with E-state index in [-0.39, 0.29) is 17.2 Å². The Bertz CT molecular complexity index is 709. The van der Waals surface area contributed by atoms with E-state index in [1.807, 2.05) is 43.0 Å². The number of hydrogen-bond donors (Lipinski definition) is 1. The number of piperidine rings is 1. The van der Waals surface area contributed by atoms with Crippen LogP contribution in [0.5, 0.6) is 0 Å². The molecule has 2 saturated heterocycles. The van der Waals surface area contributed by atoms with Crippen molar-refractivity contribution in [3.05, 3.63) is 29.3 Å². The van der Waals surface area contributed by atoms with Gasteiger partial charge in [-0.1, -0.05) is 6.07 Å². The Kier molecular flexibility index (Phi) is 5.86. The van der Waals surface area contributed by atoms with Crippen LogP contribution < -0.4 is 5.32 Å². The molecule has 6 heteroatoms. The highest BCUT2D eigenvalue weighted by molar-refractivity contribution is 5.98. The Morgan fingerprint density at radius 3 is 2.59 bits per heavy atom. The minimum atomic E-state index is -0.0806. The molecule has 1 N–H and O–H groups in total. The third-order valence-corrected chi connectivity index (χ3v) is 5.72. The highest BCUT2D eigenvalue weighted by atomic mass is 16.5. The summed E-state index contributed by atoms with van der Waals surface area (Å²) in [4.78, 5) is 28.8. The molecular formula is C21H31N3O3. The van der Waals surface area contributed by atoms with Gasteiger partial charge >= 0.3 is 0 Å². The first-order chi connectivity index (χ1) is 12.8. The summed E-state index contributed by atoms with van der Waals surface area (Å²) in [5.41, 5.74) is 2.55. The van der Waals surface area contributed by atoms with E-state index in [1.54, 1.807) is 6.07 Å². The van der Waals surface area contributed by atoms with Crippen LogP contribution in [0, 0.1) is 12.3 Å². The number of hydrogen-bond acceptors (Lipinski definition) is 4. The second kappa shape index (κ2) is 7.98. The van der Waals surface area contributed by atoms with E-state index >= 15 is 0 Å². The predicted octanol–water partition coefficient (Wildman–Crippen LogP) is 2.53. The van der Waals surface area contributed by atoms with Crippen LogP contribution in [0.3, 0.4) is 0 Å². The summed E-state index contributed by atoms with van der Waals surface area (Å²) >= 11 is 0. The van der Waals surface area contributed by atoms with Crippen molar-refractivity contribution in [2.24, 2.45) is 5.41 Å². The summed E-state index contributed by atoms with van der Waals surface area (Å²) < 4.78 is 5.77. The molecule has 2 amide bonds. The van der Waals surface area contributed by atoms with Crippen molar-refractivity contribution < 1.29 is 14.3 Å². The van der Waals surface area contributed by atoms with E-state index in [0.29, 0.717) is 23.9 Å². The van der Waals surface area contributed by atoms with Gasteiger partial charge < -0.3 is 19.9 Å². The lowest BCUT2D eigenvalue weighted by atomic mass is 9.77. The number of nitrogens with zero attached hydrogens (tertiary/aromatic N) is 2. The Morgan fingerprint density at radius 2 is 2.00 bits per heavy atom. The molecule has 1 unspecified atom stereocenters. The molecule has 1 aromatic carbocycles. The van der Waals surface area contributed by atoms with E-state index in [9.17, 15) is 9.59 Å². The average Bonchev–Trinajstić information content (AvgIpc) is 2.96. The second-order valence-corrected chi connectivity index (χ2v) is 8.43. The first-order valence-corrected chi connectivity index (χ1v) is 9.74. The number of nitrogens with one attached hydrogen (secondary N) is 1. The van der Waals surface area contributed by atoms with Crippen molar-refractivity contribution in [1.29, 1.82) is 0 Å². The summed E-state index contributed by atoms with van der Waals surface area (Å²) in [6, 6.07) is 5.55. The van der Waals surface area contributed by atoms with Gasteiger partial charge in [0.25, 0.3) is 5.91 Å². The van der Waals surface area contributed by atoms with E-state index in [1.165, 1.54) is 0 Å². The van der Waals surface area contributed by atoms with Crippen LogP contribution in [0.2, 0.25) is 0 Å². The van der Waals surface area contributed by atoms with Crippen molar-refractivity contribution in [2.75, 3.05) is 45.7 Å². The molecule has 0 aromatic heterocycles. The summed E-state index contributed by atoms with van der Waals surface area (Å²) in [5.74, 6) is -0.0390. The fourth-order valence-corrected chi connectivity index (χ4v) is 4.13. The van der Waals surface area contributed by atoms with Gasteiger partial charge in [-0.15, -0.1) is 0 Å².